The minimum absolute atomic E-state index is 0.0181. The van der Waals surface area contributed by atoms with Crippen molar-refractivity contribution < 1.29 is 13.9 Å². The Kier molecular flexibility index (Phi) is 4.20. The molecule has 1 amide bonds. The molecule has 0 aliphatic carbocycles. The third-order valence-corrected chi connectivity index (χ3v) is 3.19. The van der Waals surface area contributed by atoms with Gasteiger partial charge < -0.3 is 9.64 Å². The van der Waals surface area contributed by atoms with Crippen molar-refractivity contribution in [1.29, 1.82) is 0 Å². The van der Waals surface area contributed by atoms with Gasteiger partial charge in [-0.25, -0.2) is 9.18 Å². The smallest absolute Gasteiger partial charge is 0.410 e. The van der Waals surface area contributed by atoms with Crippen LogP contribution in [0.3, 0.4) is 0 Å². The molecule has 88 valence electrons. The third-order valence-electron chi connectivity index (χ3n) is 2.17. The second-order valence-corrected chi connectivity index (χ2v) is 5.65. The van der Waals surface area contributed by atoms with E-state index in [2.05, 4.69) is 22.6 Å². The Labute approximate surface area is 103 Å². The van der Waals surface area contributed by atoms with Crippen LogP contribution in [0.4, 0.5) is 9.18 Å². The van der Waals surface area contributed by atoms with Gasteiger partial charge >= 0.3 is 6.09 Å². The Morgan fingerprint density at radius 1 is 1.60 bits per heavy atom. The van der Waals surface area contributed by atoms with Crippen LogP contribution in [-0.2, 0) is 4.74 Å². The van der Waals surface area contributed by atoms with E-state index in [1.807, 2.05) is 20.8 Å². The molecule has 0 saturated carbocycles. The number of amides is 1. The molecule has 0 aromatic carbocycles. The zero-order valence-corrected chi connectivity index (χ0v) is 11.5. The van der Waals surface area contributed by atoms with Crippen LogP contribution in [0.15, 0.2) is 0 Å². The van der Waals surface area contributed by atoms with Crippen molar-refractivity contribution in [2.75, 3.05) is 11.0 Å². The van der Waals surface area contributed by atoms with Crippen molar-refractivity contribution >= 4 is 28.7 Å². The number of likely N-dealkylation sites (tertiary alicyclic amines) is 1. The lowest BCUT2D eigenvalue weighted by Crippen LogP contribution is -2.40. The molecule has 1 aliphatic heterocycles. The predicted molar refractivity (Wildman–Crippen MR) is 65.1 cm³/mol. The summed E-state index contributed by atoms with van der Waals surface area (Å²) in [5.41, 5.74) is -0.513. The maximum Gasteiger partial charge on any atom is 0.410 e. The predicted octanol–water partition coefficient (Wildman–Crippen LogP) is 2.77. The number of ether oxygens (including phenoxy) is 1. The van der Waals surface area contributed by atoms with E-state index < -0.39 is 17.9 Å². The van der Waals surface area contributed by atoms with Crippen LogP contribution in [-0.4, -0.2) is 39.8 Å². The molecule has 1 rings (SSSR count). The third kappa shape index (κ3) is 3.77. The average molecular weight is 329 g/mol. The van der Waals surface area contributed by atoms with Crippen LogP contribution in [0.25, 0.3) is 0 Å². The van der Waals surface area contributed by atoms with Crippen LogP contribution < -0.4 is 0 Å². The van der Waals surface area contributed by atoms with Crippen molar-refractivity contribution in [3.63, 3.8) is 0 Å². The quantitative estimate of drug-likeness (QED) is 0.547. The van der Waals surface area contributed by atoms with Gasteiger partial charge in [0.05, 0.1) is 6.54 Å². The number of hydrogen-bond donors (Lipinski definition) is 0. The van der Waals surface area contributed by atoms with E-state index in [1.165, 1.54) is 4.90 Å². The van der Waals surface area contributed by atoms with E-state index in [9.17, 15) is 9.18 Å². The van der Waals surface area contributed by atoms with Gasteiger partial charge in [-0.3, -0.25) is 0 Å². The van der Waals surface area contributed by atoms with Gasteiger partial charge in [-0.2, -0.15) is 0 Å². The Morgan fingerprint density at radius 2 is 2.20 bits per heavy atom. The number of alkyl halides is 2. The van der Waals surface area contributed by atoms with Crippen LogP contribution in [0, 0.1) is 0 Å². The van der Waals surface area contributed by atoms with Crippen molar-refractivity contribution in [2.45, 2.75) is 45.0 Å². The number of carbonyl (C=O) groups is 1. The highest BCUT2D eigenvalue weighted by atomic mass is 127. The first-order chi connectivity index (χ1) is 6.83. The van der Waals surface area contributed by atoms with Gasteiger partial charge in [0.15, 0.2) is 0 Å². The fourth-order valence-electron chi connectivity index (χ4n) is 1.55. The largest absolute Gasteiger partial charge is 0.444 e. The Hall–Kier alpha value is -0.0700. The first-order valence-electron chi connectivity index (χ1n) is 5.03. The topological polar surface area (TPSA) is 29.5 Å². The maximum absolute atomic E-state index is 13.2. The number of rotatable bonds is 1. The molecule has 0 bridgehead atoms. The molecule has 0 aromatic heterocycles. The number of carbonyl (C=O) groups excluding carboxylic acids is 1. The second kappa shape index (κ2) is 4.84. The fraction of sp³-hybridized carbons (Fsp3) is 0.900. The molecule has 1 aliphatic rings. The van der Waals surface area contributed by atoms with Gasteiger partial charge in [0.1, 0.15) is 11.8 Å². The summed E-state index contributed by atoms with van der Waals surface area (Å²) in [6.45, 7) is 5.61. The highest BCUT2D eigenvalue weighted by Crippen LogP contribution is 2.24. The fourth-order valence-corrected chi connectivity index (χ4v) is 2.39. The summed E-state index contributed by atoms with van der Waals surface area (Å²) >= 11 is 2.17. The van der Waals surface area contributed by atoms with Gasteiger partial charge in [-0.15, -0.1) is 0 Å². The molecular formula is C10H17FINO2. The summed E-state index contributed by atoms with van der Waals surface area (Å²) in [6, 6.07) is -0.0181. The average Bonchev–Trinajstić information content (AvgIpc) is 2.43. The minimum atomic E-state index is -0.905. The lowest BCUT2D eigenvalue weighted by Gasteiger charge is -2.27. The zero-order valence-electron chi connectivity index (χ0n) is 9.30. The van der Waals surface area contributed by atoms with Crippen molar-refractivity contribution in [2.24, 2.45) is 0 Å². The van der Waals surface area contributed by atoms with E-state index >= 15 is 0 Å². The van der Waals surface area contributed by atoms with Gasteiger partial charge in [-0.1, -0.05) is 22.6 Å². The van der Waals surface area contributed by atoms with E-state index in [4.69, 9.17) is 4.74 Å². The zero-order chi connectivity index (χ0) is 11.6. The summed E-state index contributed by atoms with van der Waals surface area (Å²) < 4.78 is 19.1. The van der Waals surface area contributed by atoms with E-state index in [0.717, 1.165) is 4.43 Å². The Bertz CT molecular complexity index is 242. The van der Waals surface area contributed by atoms with E-state index in [0.29, 0.717) is 6.42 Å². The first kappa shape index (κ1) is 13.0. The van der Waals surface area contributed by atoms with Gasteiger partial charge in [0.25, 0.3) is 0 Å². The van der Waals surface area contributed by atoms with Gasteiger partial charge in [0, 0.05) is 16.9 Å². The highest BCUT2D eigenvalue weighted by molar-refractivity contribution is 14.1. The number of halogens is 2. The lowest BCUT2D eigenvalue weighted by molar-refractivity contribution is 0.0235. The summed E-state index contributed by atoms with van der Waals surface area (Å²) in [7, 11) is 0. The monoisotopic (exact) mass is 329 g/mol. The molecule has 3 nitrogen and oxygen atoms in total. The molecule has 0 aromatic rings. The molecule has 0 N–H and O–H groups in total. The molecule has 1 fully saturated rings. The maximum atomic E-state index is 13.2. The SMILES string of the molecule is CC(C)(C)OC(=O)N1C[C@@H](F)C[C@H]1CI. The highest BCUT2D eigenvalue weighted by Gasteiger charge is 2.36. The molecule has 15 heavy (non-hydrogen) atoms. The molecule has 2 atom stereocenters. The second-order valence-electron chi connectivity index (χ2n) is 4.77. The lowest BCUT2D eigenvalue weighted by atomic mass is 10.2. The van der Waals surface area contributed by atoms with Crippen molar-refractivity contribution in [3.8, 4) is 0 Å². The number of nitrogens with zero attached hydrogens (tertiary/aromatic N) is 1. The molecule has 0 unspecified atom stereocenters. The Morgan fingerprint density at radius 3 is 2.67 bits per heavy atom. The summed E-state index contributed by atoms with van der Waals surface area (Å²) in [6.07, 6.45) is -0.871. The summed E-state index contributed by atoms with van der Waals surface area (Å²) in [5, 5.41) is 0. The van der Waals surface area contributed by atoms with E-state index in [-0.39, 0.29) is 12.6 Å². The van der Waals surface area contributed by atoms with Crippen LogP contribution in [0.1, 0.15) is 27.2 Å². The van der Waals surface area contributed by atoms with Crippen LogP contribution >= 0.6 is 22.6 Å². The number of hydrogen-bond acceptors (Lipinski definition) is 2. The van der Waals surface area contributed by atoms with Crippen LogP contribution in [0.2, 0.25) is 0 Å². The van der Waals surface area contributed by atoms with Gasteiger partial charge in [0.2, 0.25) is 0 Å². The molecular weight excluding hydrogens is 312 g/mol. The first-order valence-corrected chi connectivity index (χ1v) is 6.55. The van der Waals surface area contributed by atoms with Gasteiger partial charge in [-0.05, 0) is 20.8 Å². The van der Waals surface area contributed by atoms with Crippen LogP contribution in [0.5, 0.6) is 0 Å². The van der Waals surface area contributed by atoms with E-state index in [1.54, 1.807) is 0 Å². The molecule has 0 spiro atoms. The minimum Gasteiger partial charge on any atom is -0.444 e. The van der Waals surface area contributed by atoms with Crippen molar-refractivity contribution in [3.05, 3.63) is 0 Å². The molecule has 0 radical (unpaired) electrons. The Balaban J connectivity index is 2.59. The molecule has 1 saturated heterocycles. The molecule has 5 heteroatoms. The summed E-state index contributed by atoms with van der Waals surface area (Å²) in [5.74, 6) is 0. The van der Waals surface area contributed by atoms with Crippen molar-refractivity contribution in [1.82, 2.24) is 4.90 Å². The normalized spacial score (nSPS) is 26.9. The standard InChI is InChI=1S/C10H17FINO2/c1-10(2,3)15-9(14)13-6-7(11)4-8(13)5-12/h7-8H,4-6H2,1-3H3/t7-,8-/m0/s1. The molecule has 1 heterocycles. The summed E-state index contributed by atoms with van der Waals surface area (Å²) in [4.78, 5) is 13.2.